The average Bonchev–Trinajstić information content (AvgIpc) is 3.02. The zero-order valence-corrected chi connectivity index (χ0v) is 12.7. The Balaban J connectivity index is 1.91. The van der Waals surface area contributed by atoms with E-state index in [0.717, 1.165) is 31.7 Å². The number of anilines is 2. The standard InChI is InChI=1S/C17H23N3O/c1-13-9-17(11-19-10-13)20(16-7-8-21-12-16)15-5-3-14(18-2)4-6-15/h3-6,10-11,13,16,18H,7-9,12H2,1-2H3/t13?,16-/m1/s1. The first kappa shape index (κ1) is 14.1. The summed E-state index contributed by atoms with van der Waals surface area (Å²) in [6, 6.07) is 9.00. The second-order valence-corrected chi connectivity index (χ2v) is 5.78. The molecule has 0 aromatic heterocycles. The highest BCUT2D eigenvalue weighted by Gasteiger charge is 2.27. The largest absolute Gasteiger partial charge is 0.388 e. The van der Waals surface area contributed by atoms with Crippen molar-refractivity contribution in [3.05, 3.63) is 36.2 Å². The fourth-order valence-electron chi connectivity index (χ4n) is 3.00. The number of aliphatic imine (C=N–C) groups is 1. The molecule has 112 valence electrons. The van der Waals surface area contributed by atoms with E-state index >= 15 is 0 Å². The predicted molar refractivity (Wildman–Crippen MR) is 88.0 cm³/mol. The average molecular weight is 285 g/mol. The molecule has 1 aromatic rings. The fraction of sp³-hybridized carbons (Fsp3) is 0.471. The highest BCUT2D eigenvalue weighted by atomic mass is 16.5. The summed E-state index contributed by atoms with van der Waals surface area (Å²) in [5.41, 5.74) is 3.64. The van der Waals surface area contributed by atoms with Crippen LogP contribution < -0.4 is 10.2 Å². The SMILES string of the molecule is CNc1ccc(N(C2=CN=CC(C)C2)[C@@H]2CCOC2)cc1. The van der Waals surface area contributed by atoms with Crippen molar-refractivity contribution < 1.29 is 4.74 Å². The summed E-state index contributed by atoms with van der Waals surface area (Å²) in [6.45, 7) is 3.86. The molecule has 0 aliphatic carbocycles. The van der Waals surface area contributed by atoms with E-state index in [1.807, 2.05) is 19.5 Å². The molecule has 1 aromatic carbocycles. The van der Waals surface area contributed by atoms with Gasteiger partial charge in [-0.05, 0) is 43.0 Å². The lowest BCUT2D eigenvalue weighted by Crippen LogP contribution is -2.36. The third-order valence-corrected chi connectivity index (χ3v) is 4.11. The lowest BCUT2D eigenvalue weighted by atomic mass is 10.0. The Hall–Kier alpha value is -1.81. The van der Waals surface area contributed by atoms with Crippen LogP contribution in [0.1, 0.15) is 19.8 Å². The van der Waals surface area contributed by atoms with E-state index in [1.165, 1.54) is 11.4 Å². The molecule has 0 bridgehead atoms. The van der Waals surface area contributed by atoms with E-state index in [-0.39, 0.29) is 0 Å². The van der Waals surface area contributed by atoms with Gasteiger partial charge >= 0.3 is 0 Å². The van der Waals surface area contributed by atoms with Gasteiger partial charge in [-0.1, -0.05) is 6.92 Å². The van der Waals surface area contributed by atoms with E-state index in [9.17, 15) is 0 Å². The zero-order chi connectivity index (χ0) is 14.7. The second kappa shape index (κ2) is 6.31. The maximum atomic E-state index is 5.60. The molecular formula is C17H23N3O. The quantitative estimate of drug-likeness (QED) is 0.922. The van der Waals surface area contributed by atoms with Gasteiger partial charge in [0.05, 0.1) is 12.6 Å². The van der Waals surface area contributed by atoms with E-state index in [0.29, 0.717) is 12.0 Å². The lowest BCUT2D eigenvalue weighted by Gasteiger charge is -2.34. The van der Waals surface area contributed by atoms with Gasteiger partial charge in [0, 0.05) is 43.1 Å². The van der Waals surface area contributed by atoms with Gasteiger partial charge in [0.15, 0.2) is 0 Å². The summed E-state index contributed by atoms with van der Waals surface area (Å²) in [6.07, 6.45) is 6.14. The van der Waals surface area contributed by atoms with Crippen molar-refractivity contribution in [2.75, 3.05) is 30.5 Å². The van der Waals surface area contributed by atoms with Gasteiger partial charge in [-0.15, -0.1) is 0 Å². The van der Waals surface area contributed by atoms with Gasteiger partial charge in [-0.2, -0.15) is 0 Å². The van der Waals surface area contributed by atoms with Crippen LogP contribution in [0.3, 0.4) is 0 Å². The molecule has 1 N–H and O–H groups in total. The minimum Gasteiger partial charge on any atom is -0.388 e. The number of ether oxygens (including phenoxy) is 1. The number of nitrogens with one attached hydrogen (secondary N) is 1. The molecule has 3 rings (SSSR count). The smallest absolute Gasteiger partial charge is 0.0674 e. The molecule has 4 nitrogen and oxygen atoms in total. The third-order valence-electron chi connectivity index (χ3n) is 4.11. The predicted octanol–water partition coefficient (Wildman–Crippen LogP) is 3.28. The van der Waals surface area contributed by atoms with Crippen molar-refractivity contribution in [2.24, 2.45) is 10.9 Å². The van der Waals surface area contributed by atoms with Crippen molar-refractivity contribution in [1.29, 1.82) is 0 Å². The lowest BCUT2D eigenvalue weighted by molar-refractivity contribution is 0.193. The zero-order valence-electron chi connectivity index (χ0n) is 12.7. The first-order chi connectivity index (χ1) is 10.3. The van der Waals surface area contributed by atoms with Gasteiger partial charge < -0.3 is 15.0 Å². The number of benzene rings is 1. The summed E-state index contributed by atoms with van der Waals surface area (Å²) < 4.78 is 5.60. The van der Waals surface area contributed by atoms with Crippen LogP contribution in [-0.4, -0.2) is 32.5 Å². The number of allylic oxidation sites excluding steroid dienone is 1. The molecule has 1 fully saturated rings. The first-order valence-electron chi connectivity index (χ1n) is 7.65. The maximum absolute atomic E-state index is 5.60. The summed E-state index contributed by atoms with van der Waals surface area (Å²) in [7, 11) is 1.94. The Morgan fingerprint density at radius 1 is 1.29 bits per heavy atom. The van der Waals surface area contributed by atoms with Crippen LogP contribution in [-0.2, 0) is 4.74 Å². The molecule has 2 atom stereocenters. The van der Waals surface area contributed by atoms with E-state index < -0.39 is 0 Å². The topological polar surface area (TPSA) is 36.9 Å². The van der Waals surface area contributed by atoms with Crippen LogP contribution in [0.25, 0.3) is 0 Å². The molecule has 0 saturated carbocycles. The summed E-state index contributed by atoms with van der Waals surface area (Å²) in [5, 5.41) is 3.17. The van der Waals surface area contributed by atoms with Crippen molar-refractivity contribution >= 4 is 17.6 Å². The Labute approximate surface area is 126 Å². The highest BCUT2D eigenvalue weighted by molar-refractivity contribution is 5.66. The molecule has 2 aliphatic heterocycles. The highest BCUT2D eigenvalue weighted by Crippen LogP contribution is 2.31. The van der Waals surface area contributed by atoms with Crippen LogP contribution in [0.4, 0.5) is 11.4 Å². The van der Waals surface area contributed by atoms with Crippen LogP contribution in [0.2, 0.25) is 0 Å². The monoisotopic (exact) mass is 285 g/mol. The molecule has 1 unspecified atom stereocenters. The molecule has 21 heavy (non-hydrogen) atoms. The third kappa shape index (κ3) is 3.10. The second-order valence-electron chi connectivity index (χ2n) is 5.78. The van der Waals surface area contributed by atoms with Gasteiger partial charge in [0.1, 0.15) is 0 Å². The molecule has 1 saturated heterocycles. The molecule has 0 radical (unpaired) electrons. The van der Waals surface area contributed by atoms with Crippen LogP contribution in [0.15, 0.2) is 41.2 Å². The van der Waals surface area contributed by atoms with E-state index in [4.69, 9.17) is 4.74 Å². The molecule has 0 spiro atoms. The van der Waals surface area contributed by atoms with Gasteiger partial charge in [-0.3, -0.25) is 4.99 Å². The van der Waals surface area contributed by atoms with E-state index in [2.05, 4.69) is 46.4 Å². The Kier molecular flexibility index (Phi) is 4.25. The number of rotatable bonds is 4. The minimum absolute atomic E-state index is 0.414. The maximum Gasteiger partial charge on any atom is 0.0674 e. The van der Waals surface area contributed by atoms with Crippen molar-refractivity contribution in [2.45, 2.75) is 25.8 Å². The van der Waals surface area contributed by atoms with Crippen LogP contribution in [0.5, 0.6) is 0 Å². The molecule has 4 heteroatoms. The number of hydrogen-bond donors (Lipinski definition) is 1. The molecule has 2 heterocycles. The minimum atomic E-state index is 0.414. The van der Waals surface area contributed by atoms with Crippen molar-refractivity contribution in [3.8, 4) is 0 Å². The molecular weight excluding hydrogens is 262 g/mol. The fourth-order valence-corrected chi connectivity index (χ4v) is 3.00. The van der Waals surface area contributed by atoms with Crippen LogP contribution in [0, 0.1) is 5.92 Å². The first-order valence-corrected chi connectivity index (χ1v) is 7.65. The summed E-state index contributed by atoms with van der Waals surface area (Å²) >= 11 is 0. The summed E-state index contributed by atoms with van der Waals surface area (Å²) in [5.74, 6) is 0.492. The van der Waals surface area contributed by atoms with Gasteiger partial charge in [0.25, 0.3) is 0 Å². The molecule has 0 amide bonds. The number of hydrogen-bond acceptors (Lipinski definition) is 4. The normalized spacial score (nSPS) is 24.8. The van der Waals surface area contributed by atoms with E-state index in [1.54, 1.807) is 0 Å². The van der Waals surface area contributed by atoms with Gasteiger partial charge in [0.2, 0.25) is 0 Å². The molecule has 2 aliphatic rings. The van der Waals surface area contributed by atoms with Crippen LogP contribution >= 0.6 is 0 Å². The Morgan fingerprint density at radius 2 is 2.10 bits per heavy atom. The van der Waals surface area contributed by atoms with Crippen molar-refractivity contribution in [3.63, 3.8) is 0 Å². The van der Waals surface area contributed by atoms with Crippen molar-refractivity contribution in [1.82, 2.24) is 0 Å². The Morgan fingerprint density at radius 3 is 2.71 bits per heavy atom. The summed E-state index contributed by atoms with van der Waals surface area (Å²) in [4.78, 5) is 6.83. The number of nitrogens with zero attached hydrogens (tertiary/aromatic N) is 2. The van der Waals surface area contributed by atoms with Gasteiger partial charge in [-0.25, -0.2) is 0 Å². The Bertz CT molecular complexity index is 529.